The molecule has 4 heteroatoms. The van der Waals surface area contributed by atoms with Crippen LogP contribution >= 0.6 is 0 Å². The van der Waals surface area contributed by atoms with Crippen molar-refractivity contribution in [3.8, 4) is 56.4 Å². The van der Waals surface area contributed by atoms with Gasteiger partial charge in [-0.3, -0.25) is 0 Å². The van der Waals surface area contributed by atoms with Crippen LogP contribution in [-0.2, 0) is 5.41 Å². The number of nitrogens with zero attached hydrogens (tertiary/aromatic N) is 3. The van der Waals surface area contributed by atoms with E-state index in [2.05, 4.69) is 182 Å². The van der Waals surface area contributed by atoms with Crippen LogP contribution in [0, 0.1) is 0 Å². The van der Waals surface area contributed by atoms with Crippen LogP contribution < -0.4 is 0 Å². The maximum atomic E-state index is 6.65. The molecule has 0 spiro atoms. The fourth-order valence-corrected chi connectivity index (χ4v) is 9.52. The predicted molar refractivity (Wildman–Crippen MR) is 244 cm³/mol. The van der Waals surface area contributed by atoms with Crippen molar-refractivity contribution < 1.29 is 4.42 Å². The van der Waals surface area contributed by atoms with Crippen LogP contribution in [0.15, 0.2) is 217 Å². The summed E-state index contributed by atoms with van der Waals surface area (Å²) in [6.45, 7) is 0. The molecule has 0 saturated heterocycles. The lowest BCUT2D eigenvalue weighted by atomic mass is 9.67. The number of hydrogen-bond donors (Lipinski definition) is 0. The van der Waals surface area contributed by atoms with Crippen molar-refractivity contribution in [2.24, 2.45) is 0 Å². The van der Waals surface area contributed by atoms with Crippen LogP contribution in [0.5, 0.6) is 0 Å². The van der Waals surface area contributed by atoms with E-state index in [-0.39, 0.29) is 0 Å². The second-order valence-corrected chi connectivity index (χ2v) is 15.5. The average Bonchev–Trinajstić information content (AvgIpc) is 3.85. The first-order valence-electron chi connectivity index (χ1n) is 20.3. The molecule has 2 heterocycles. The third-order valence-corrected chi connectivity index (χ3v) is 12.2. The molecule has 0 amide bonds. The Balaban J connectivity index is 1.04. The van der Waals surface area contributed by atoms with Gasteiger partial charge in [-0.25, -0.2) is 15.0 Å². The Morgan fingerprint density at radius 2 is 0.900 bits per heavy atom. The zero-order valence-corrected chi connectivity index (χ0v) is 32.5. The van der Waals surface area contributed by atoms with Crippen molar-refractivity contribution >= 4 is 32.7 Å². The highest BCUT2D eigenvalue weighted by Crippen LogP contribution is 2.56. The predicted octanol–water partition coefficient (Wildman–Crippen LogP) is 14.0. The largest absolute Gasteiger partial charge is 0.456 e. The molecule has 280 valence electrons. The van der Waals surface area contributed by atoms with Gasteiger partial charge in [0.2, 0.25) is 0 Å². The lowest BCUT2D eigenvalue weighted by molar-refractivity contribution is 0.668. The molecule has 1 aliphatic rings. The smallest absolute Gasteiger partial charge is 0.164 e. The minimum absolute atomic E-state index is 0.515. The third kappa shape index (κ3) is 5.28. The lowest BCUT2D eigenvalue weighted by Crippen LogP contribution is -2.28. The second-order valence-electron chi connectivity index (χ2n) is 15.5. The van der Waals surface area contributed by atoms with Gasteiger partial charge in [-0.05, 0) is 85.6 Å². The van der Waals surface area contributed by atoms with Gasteiger partial charge >= 0.3 is 0 Å². The Morgan fingerprint density at radius 1 is 0.333 bits per heavy atom. The number of rotatable bonds is 6. The highest BCUT2D eigenvalue weighted by Gasteiger charge is 2.46. The minimum Gasteiger partial charge on any atom is -0.456 e. The van der Waals surface area contributed by atoms with Gasteiger partial charge < -0.3 is 4.42 Å². The number of hydrogen-bond acceptors (Lipinski definition) is 4. The summed E-state index contributed by atoms with van der Waals surface area (Å²) >= 11 is 0. The van der Waals surface area contributed by atoms with Gasteiger partial charge in [-0.2, -0.15) is 0 Å². The van der Waals surface area contributed by atoms with Gasteiger partial charge in [0, 0.05) is 27.5 Å². The highest BCUT2D eigenvalue weighted by molar-refractivity contribution is 6.13. The number of fused-ring (bicyclic) bond motifs is 7. The van der Waals surface area contributed by atoms with E-state index in [0.29, 0.717) is 17.5 Å². The molecule has 2 aromatic heterocycles. The maximum Gasteiger partial charge on any atom is 0.164 e. The van der Waals surface area contributed by atoms with Crippen LogP contribution in [0.1, 0.15) is 22.3 Å². The van der Waals surface area contributed by atoms with E-state index in [1.165, 1.54) is 38.8 Å². The Kier molecular flexibility index (Phi) is 7.72. The molecule has 0 unspecified atom stereocenters. The standard InChI is InChI=1S/C56H35N3O/c1-3-16-37(17-4-1)53-57-54(59-55(58-53)41-30-29-36-15-7-8-18-38(36)33-41)40-20-13-19-39(34-40)44-25-14-28-51-52(44)47-35-43(31-32-50(47)60-51)56(42-21-5-2-6-22-42)48-26-11-9-23-45(48)46-24-10-12-27-49(46)56/h1-35H. The van der Waals surface area contributed by atoms with Crippen LogP contribution in [0.4, 0.5) is 0 Å². The molecule has 0 aliphatic heterocycles. The van der Waals surface area contributed by atoms with E-state index in [4.69, 9.17) is 19.4 Å². The quantitative estimate of drug-likeness (QED) is 0.169. The topological polar surface area (TPSA) is 51.8 Å². The summed E-state index contributed by atoms with van der Waals surface area (Å²) in [4.78, 5) is 15.2. The van der Waals surface area contributed by atoms with Crippen LogP contribution in [0.2, 0.25) is 0 Å². The van der Waals surface area contributed by atoms with E-state index < -0.39 is 5.41 Å². The van der Waals surface area contributed by atoms with E-state index in [1.54, 1.807) is 0 Å². The van der Waals surface area contributed by atoms with Crippen LogP contribution in [0.25, 0.3) is 89.1 Å². The summed E-state index contributed by atoms with van der Waals surface area (Å²) in [5.74, 6) is 1.88. The van der Waals surface area contributed by atoms with Crippen molar-refractivity contribution in [2.75, 3.05) is 0 Å². The highest BCUT2D eigenvalue weighted by atomic mass is 16.3. The molecule has 4 nitrogen and oxygen atoms in total. The van der Waals surface area contributed by atoms with Gasteiger partial charge in [0.25, 0.3) is 0 Å². The molecule has 60 heavy (non-hydrogen) atoms. The van der Waals surface area contributed by atoms with Gasteiger partial charge in [0.1, 0.15) is 11.2 Å². The maximum absolute atomic E-state index is 6.65. The molecular formula is C56H35N3O. The SMILES string of the molecule is c1ccc(-c2nc(-c3cccc(-c4cccc5oc6ccc(C7(c8ccccc8)c8ccccc8-c8ccccc87)cc6c45)c3)nc(-c3ccc4ccccc4c3)n2)cc1. The van der Waals surface area contributed by atoms with Gasteiger partial charge in [0.05, 0.1) is 5.41 Å². The van der Waals surface area contributed by atoms with E-state index in [0.717, 1.165) is 55.1 Å². The molecule has 0 atom stereocenters. The van der Waals surface area contributed by atoms with Crippen molar-refractivity contribution in [1.29, 1.82) is 0 Å². The van der Waals surface area contributed by atoms with E-state index in [9.17, 15) is 0 Å². The summed E-state index contributed by atoms with van der Waals surface area (Å²) in [5.41, 5.74) is 13.6. The van der Waals surface area contributed by atoms with Gasteiger partial charge in [-0.15, -0.1) is 0 Å². The van der Waals surface area contributed by atoms with E-state index in [1.807, 2.05) is 30.3 Å². The lowest BCUT2D eigenvalue weighted by Gasteiger charge is -2.33. The summed E-state index contributed by atoms with van der Waals surface area (Å²) in [6, 6.07) is 75.2. The van der Waals surface area contributed by atoms with Crippen molar-refractivity contribution in [3.63, 3.8) is 0 Å². The zero-order valence-electron chi connectivity index (χ0n) is 32.5. The minimum atomic E-state index is -0.515. The van der Waals surface area contributed by atoms with Gasteiger partial charge in [0.15, 0.2) is 17.5 Å². The first-order valence-corrected chi connectivity index (χ1v) is 20.3. The fourth-order valence-electron chi connectivity index (χ4n) is 9.52. The summed E-state index contributed by atoms with van der Waals surface area (Å²) in [5, 5.41) is 4.46. The molecule has 0 radical (unpaired) electrons. The van der Waals surface area contributed by atoms with E-state index >= 15 is 0 Å². The molecule has 0 bridgehead atoms. The van der Waals surface area contributed by atoms with Crippen molar-refractivity contribution in [3.05, 3.63) is 235 Å². The molecule has 0 saturated carbocycles. The Hall–Kier alpha value is -7.95. The Bertz CT molecular complexity index is 3400. The second kappa shape index (κ2) is 13.6. The number of furan rings is 1. The van der Waals surface area contributed by atoms with Gasteiger partial charge in [-0.1, -0.05) is 182 Å². The molecule has 1 aliphatic carbocycles. The molecule has 9 aromatic carbocycles. The summed E-state index contributed by atoms with van der Waals surface area (Å²) in [7, 11) is 0. The van der Waals surface area contributed by atoms with Crippen molar-refractivity contribution in [1.82, 2.24) is 15.0 Å². The number of benzene rings is 9. The molecule has 0 fully saturated rings. The normalized spacial score (nSPS) is 12.8. The molecule has 11 aromatic rings. The summed E-state index contributed by atoms with van der Waals surface area (Å²) in [6.07, 6.45) is 0. The summed E-state index contributed by atoms with van der Waals surface area (Å²) < 4.78 is 6.65. The fraction of sp³-hybridized carbons (Fsp3) is 0.0179. The third-order valence-electron chi connectivity index (χ3n) is 12.2. The first-order chi connectivity index (χ1) is 29.7. The first kappa shape index (κ1) is 34.1. The number of aromatic nitrogens is 3. The van der Waals surface area contributed by atoms with Crippen LogP contribution in [-0.4, -0.2) is 15.0 Å². The molecule has 0 N–H and O–H groups in total. The average molecular weight is 766 g/mol. The molecular weight excluding hydrogens is 731 g/mol. The Labute approximate surface area is 347 Å². The van der Waals surface area contributed by atoms with Crippen LogP contribution in [0.3, 0.4) is 0 Å². The Morgan fingerprint density at radius 3 is 1.65 bits per heavy atom. The monoisotopic (exact) mass is 765 g/mol. The molecule has 12 rings (SSSR count). The van der Waals surface area contributed by atoms with Crippen molar-refractivity contribution in [2.45, 2.75) is 5.41 Å². The zero-order chi connectivity index (χ0) is 39.6.